The van der Waals surface area contributed by atoms with Crippen molar-refractivity contribution in [1.29, 1.82) is 0 Å². The van der Waals surface area contributed by atoms with Crippen molar-refractivity contribution in [3.8, 4) is 23.0 Å². The normalized spacial score (nSPS) is 11.9. The maximum Gasteiger partial charge on any atom is 0.203 e. The van der Waals surface area contributed by atoms with Crippen molar-refractivity contribution in [2.75, 3.05) is 34.5 Å². The van der Waals surface area contributed by atoms with Crippen LogP contribution in [0.1, 0.15) is 11.3 Å². The summed E-state index contributed by atoms with van der Waals surface area (Å²) in [5, 5.41) is 10.6. The molecule has 7 nitrogen and oxygen atoms in total. The number of benzene rings is 2. The third-order valence-electron chi connectivity index (χ3n) is 4.82. The number of aliphatic hydroxyl groups excluding tert-OH is 1. The van der Waals surface area contributed by atoms with E-state index in [0.29, 0.717) is 42.6 Å². The van der Waals surface area contributed by atoms with Crippen LogP contribution in [0.3, 0.4) is 0 Å². The Labute approximate surface area is 196 Å². The lowest BCUT2D eigenvalue weighted by Gasteiger charge is -2.25. The molecule has 172 valence electrons. The quantitative estimate of drug-likeness (QED) is 0.388. The first-order valence-electron chi connectivity index (χ1n) is 10.1. The van der Waals surface area contributed by atoms with Crippen LogP contribution in [0.25, 0.3) is 0 Å². The van der Waals surface area contributed by atoms with Gasteiger partial charge in [-0.15, -0.1) is 0 Å². The molecule has 8 heteroatoms. The number of hydrogen-bond acceptors (Lipinski definition) is 7. The monoisotopic (exact) mass is 505 g/mol. The summed E-state index contributed by atoms with van der Waals surface area (Å²) in [6, 6.07) is 15.1. The molecule has 1 atom stereocenters. The van der Waals surface area contributed by atoms with Crippen LogP contribution in [0.4, 0.5) is 0 Å². The highest BCUT2D eigenvalue weighted by Crippen LogP contribution is 2.38. The van der Waals surface area contributed by atoms with E-state index in [0.717, 1.165) is 15.8 Å². The second-order valence-corrected chi connectivity index (χ2v) is 8.12. The molecule has 0 saturated carbocycles. The van der Waals surface area contributed by atoms with Gasteiger partial charge >= 0.3 is 0 Å². The maximum absolute atomic E-state index is 10.6. The number of rotatable bonds is 12. The molecule has 0 aliphatic heterocycles. The van der Waals surface area contributed by atoms with Gasteiger partial charge in [0.15, 0.2) is 11.5 Å². The molecule has 32 heavy (non-hydrogen) atoms. The van der Waals surface area contributed by atoms with E-state index in [-0.39, 0.29) is 6.61 Å². The largest absolute Gasteiger partial charge is 0.493 e. The van der Waals surface area contributed by atoms with Crippen molar-refractivity contribution < 1.29 is 28.5 Å². The molecule has 0 saturated heterocycles. The van der Waals surface area contributed by atoms with Crippen LogP contribution in [0.5, 0.6) is 23.0 Å². The summed E-state index contributed by atoms with van der Waals surface area (Å²) >= 11 is 3.40. The Kier molecular flexibility index (Phi) is 8.84. The zero-order chi connectivity index (χ0) is 22.9. The smallest absolute Gasteiger partial charge is 0.203 e. The Morgan fingerprint density at radius 2 is 1.66 bits per heavy atom. The van der Waals surface area contributed by atoms with E-state index in [4.69, 9.17) is 23.4 Å². The van der Waals surface area contributed by atoms with E-state index >= 15 is 0 Å². The van der Waals surface area contributed by atoms with Crippen LogP contribution < -0.4 is 18.9 Å². The fourth-order valence-corrected chi connectivity index (χ4v) is 3.63. The summed E-state index contributed by atoms with van der Waals surface area (Å²) in [4.78, 5) is 2.08. The van der Waals surface area contributed by atoms with E-state index in [1.807, 2.05) is 48.5 Å². The lowest BCUT2D eigenvalue weighted by Crippen LogP contribution is -2.35. The summed E-state index contributed by atoms with van der Waals surface area (Å²) in [5.41, 5.74) is 0.951. The summed E-state index contributed by atoms with van der Waals surface area (Å²) in [7, 11) is 4.75. The minimum Gasteiger partial charge on any atom is -0.493 e. The first kappa shape index (κ1) is 24.0. The van der Waals surface area contributed by atoms with Crippen molar-refractivity contribution in [2.45, 2.75) is 19.2 Å². The van der Waals surface area contributed by atoms with Crippen molar-refractivity contribution >= 4 is 15.9 Å². The molecule has 3 rings (SSSR count). The Morgan fingerprint density at radius 1 is 0.969 bits per heavy atom. The number of hydrogen-bond donors (Lipinski definition) is 1. The van der Waals surface area contributed by atoms with Crippen LogP contribution in [-0.2, 0) is 13.1 Å². The van der Waals surface area contributed by atoms with Gasteiger partial charge in [0, 0.05) is 17.6 Å². The molecule has 0 radical (unpaired) electrons. The highest BCUT2D eigenvalue weighted by molar-refractivity contribution is 9.10. The molecule has 2 aromatic carbocycles. The van der Waals surface area contributed by atoms with Gasteiger partial charge < -0.3 is 28.5 Å². The lowest BCUT2D eigenvalue weighted by molar-refractivity contribution is 0.0604. The SMILES string of the molecule is COc1cc(CN(Cc2ccco2)CC(O)COc2ccc(Br)cc2)cc(OC)c1OC. The van der Waals surface area contributed by atoms with E-state index < -0.39 is 6.10 Å². The standard InChI is InChI=1S/C24H28BrNO6/c1-28-22-11-17(12-23(29-2)24(22)30-3)13-26(15-21-5-4-10-31-21)14-19(27)16-32-20-8-6-18(25)7-9-20/h4-12,19,27H,13-16H2,1-3H3. The van der Waals surface area contributed by atoms with Gasteiger partial charge in [0.2, 0.25) is 5.75 Å². The van der Waals surface area contributed by atoms with Crippen LogP contribution >= 0.6 is 15.9 Å². The zero-order valence-corrected chi connectivity index (χ0v) is 20.0. The Morgan fingerprint density at radius 3 is 2.22 bits per heavy atom. The fourth-order valence-electron chi connectivity index (χ4n) is 3.37. The van der Waals surface area contributed by atoms with Gasteiger partial charge in [-0.3, -0.25) is 4.90 Å². The van der Waals surface area contributed by atoms with Crippen LogP contribution in [0.2, 0.25) is 0 Å². The molecule has 1 aromatic heterocycles. The molecule has 0 spiro atoms. The minimum atomic E-state index is -0.698. The average molecular weight is 506 g/mol. The van der Waals surface area contributed by atoms with Crippen LogP contribution in [0, 0.1) is 0 Å². The van der Waals surface area contributed by atoms with E-state index in [9.17, 15) is 5.11 Å². The average Bonchev–Trinajstić information content (AvgIpc) is 3.31. The van der Waals surface area contributed by atoms with E-state index in [2.05, 4.69) is 20.8 Å². The third-order valence-corrected chi connectivity index (χ3v) is 5.34. The molecular weight excluding hydrogens is 478 g/mol. The molecule has 1 N–H and O–H groups in total. The van der Waals surface area contributed by atoms with Crippen molar-refractivity contribution in [3.63, 3.8) is 0 Å². The van der Waals surface area contributed by atoms with Crippen molar-refractivity contribution in [1.82, 2.24) is 4.90 Å². The second kappa shape index (κ2) is 11.8. The van der Waals surface area contributed by atoms with Crippen LogP contribution in [0.15, 0.2) is 63.7 Å². The molecule has 0 aliphatic rings. The Hall–Kier alpha value is -2.68. The maximum atomic E-state index is 10.6. The van der Waals surface area contributed by atoms with Crippen LogP contribution in [-0.4, -0.2) is 50.6 Å². The van der Waals surface area contributed by atoms with Gasteiger partial charge in [0.05, 0.1) is 34.1 Å². The number of nitrogens with zero attached hydrogens (tertiary/aromatic N) is 1. The first-order valence-corrected chi connectivity index (χ1v) is 10.9. The zero-order valence-electron chi connectivity index (χ0n) is 18.4. The molecule has 1 heterocycles. The van der Waals surface area contributed by atoms with Gasteiger partial charge in [-0.05, 0) is 54.1 Å². The molecule has 3 aromatic rings. The topological polar surface area (TPSA) is 73.5 Å². The first-order chi connectivity index (χ1) is 15.5. The van der Waals surface area contributed by atoms with Gasteiger partial charge in [0.25, 0.3) is 0 Å². The number of methoxy groups -OCH3 is 3. The summed E-state index contributed by atoms with van der Waals surface area (Å²) in [6.07, 6.45) is 0.940. The highest BCUT2D eigenvalue weighted by atomic mass is 79.9. The number of ether oxygens (including phenoxy) is 4. The number of halogens is 1. The van der Waals surface area contributed by atoms with E-state index in [1.54, 1.807) is 27.6 Å². The van der Waals surface area contributed by atoms with E-state index in [1.165, 1.54) is 0 Å². The number of furan rings is 1. The van der Waals surface area contributed by atoms with Gasteiger partial charge in [-0.25, -0.2) is 0 Å². The lowest BCUT2D eigenvalue weighted by atomic mass is 10.1. The minimum absolute atomic E-state index is 0.172. The van der Waals surface area contributed by atoms with Crippen molar-refractivity contribution in [3.05, 3.63) is 70.6 Å². The fraction of sp³-hybridized carbons (Fsp3) is 0.333. The predicted octanol–water partition coefficient (Wildman–Crippen LogP) is 4.51. The molecule has 0 fully saturated rings. The molecule has 0 aliphatic carbocycles. The summed E-state index contributed by atoms with van der Waals surface area (Å²) < 4.78 is 28.6. The molecular formula is C24H28BrNO6. The Bertz CT molecular complexity index is 936. The van der Waals surface area contributed by atoms with Gasteiger partial charge in [-0.2, -0.15) is 0 Å². The summed E-state index contributed by atoms with van der Waals surface area (Å²) in [6.45, 7) is 1.62. The third kappa shape index (κ3) is 6.66. The molecule has 0 amide bonds. The van der Waals surface area contributed by atoms with Crippen molar-refractivity contribution in [2.24, 2.45) is 0 Å². The second-order valence-electron chi connectivity index (χ2n) is 7.20. The molecule has 1 unspecified atom stereocenters. The number of aliphatic hydroxyl groups is 1. The molecule has 0 bridgehead atoms. The Balaban J connectivity index is 1.72. The highest BCUT2D eigenvalue weighted by Gasteiger charge is 2.18. The van der Waals surface area contributed by atoms with Gasteiger partial charge in [0.1, 0.15) is 24.2 Å². The predicted molar refractivity (Wildman–Crippen MR) is 125 cm³/mol. The summed E-state index contributed by atoms with van der Waals surface area (Å²) in [5.74, 6) is 3.21. The van der Waals surface area contributed by atoms with Gasteiger partial charge in [-0.1, -0.05) is 15.9 Å².